The van der Waals surface area contributed by atoms with Gasteiger partial charge in [0.05, 0.1) is 18.4 Å². The van der Waals surface area contributed by atoms with E-state index in [9.17, 15) is 14.7 Å². The molecule has 29 heavy (non-hydrogen) atoms. The van der Waals surface area contributed by atoms with Crippen LogP contribution in [0.5, 0.6) is 17.2 Å². The molecule has 0 aliphatic rings. The Kier molecular flexibility index (Phi) is 7.88. The van der Waals surface area contributed by atoms with Crippen LogP contribution in [0.1, 0.15) is 40.0 Å². The van der Waals surface area contributed by atoms with Gasteiger partial charge in [0.1, 0.15) is 17.9 Å². The van der Waals surface area contributed by atoms with Crippen LogP contribution in [0.4, 0.5) is 0 Å². The van der Waals surface area contributed by atoms with E-state index in [2.05, 4.69) is 6.08 Å². The zero-order valence-electron chi connectivity index (χ0n) is 16.9. The Morgan fingerprint density at radius 3 is 2.59 bits per heavy atom. The molecular weight excluding hydrogens is 376 g/mol. The van der Waals surface area contributed by atoms with Crippen LogP contribution in [-0.4, -0.2) is 29.4 Å². The smallest absolute Gasteiger partial charge is 0.383 e. The van der Waals surface area contributed by atoms with E-state index < -0.39 is 11.6 Å². The second-order valence-electron chi connectivity index (χ2n) is 6.90. The highest BCUT2D eigenvalue weighted by atomic mass is 16.5. The standard InChI is InChI=1S/C22H26O7/c1-14(2)5-4-6-15(3)9-11-28-21-20(25)17-13-16(27-12-10-19(23)24)7-8-18(17)29-22(21)26/h5,7-9,13,25H,4,6,10-12H2,1-3H3,(H,23,24)/b15-9+. The number of aliphatic carboxylic acids is 1. The number of benzene rings is 1. The molecule has 2 rings (SSSR count). The number of carboxylic acids is 1. The highest BCUT2D eigenvalue weighted by Gasteiger charge is 2.16. The lowest BCUT2D eigenvalue weighted by Crippen LogP contribution is -2.08. The molecule has 0 amide bonds. The average Bonchev–Trinajstić information content (AvgIpc) is 2.64. The Balaban J connectivity index is 2.13. The predicted octanol–water partition coefficient (Wildman–Crippen LogP) is 4.42. The van der Waals surface area contributed by atoms with Gasteiger partial charge >= 0.3 is 11.6 Å². The normalized spacial score (nSPS) is 11.3. The van der Waals surface area contributed by atoms with E-state index in [1.807, 2.05) is 26.8 Å². The number of ether oxygens (including phenoxy) is 2. The van der Waals surface area contributed by atoms with Crippen LogP contribution in [0.3, 0.4) is 0 Å². The Labute approximate surface area is 168 Å². The maximum Gasteiger partial charge on any atom is 0.383 e. The van der Waals surface area contributed by atoms with Gasteiger partial charge in [-0.15, -0.1) is 0 Å². The van der Waals surface area contributed by atoms with E-state index in [1.165, 1.54) is 23.8 Å². The Hall–Kier alpha value is -3.22. The number of carboxylic acid groups (broad SMARTS) is 1. The fourth-order valence-electron chi connectivity index (χ4n) is 2.58. The summed E-state index contributed by atoms with van der Waals surface area (Å²) in [5, 5.41) is 19.4. The fourth-order valence-corrected chi connectivity index (χ4v) is 2.58. The first-order valence-electron chi connectivity index (χ1n) is 9.34. The predicted molar refractivity (Wildman–Crippen MR) is 110 cm³/mol. The van der Waals surface area contributed by atoms with Gasteiger partial charge in [-0.2, -0.15) is 0 Å². The van der Waals surface area contributed by atoms with Crippen molar-refractivity contribution < 1.29 is 28.9 Å². The molecule has 2 N–H and O–H groups in total. The minimum absolute atomic E-state index is 0.0153. The van der Waals surface area contributed by atoms with E-state index >= 15 is 0 Å². The van der Waals surface area contributed by atoms with Crippen LogP contribution in [-0.2, 0) is 4.79 Å². The first kappa shape index (κ1) is 22.1. The van der Waals surface area contributed by atoms with Crippen LogP contribution in [0.15, 0.2) is 50.7 Å². The molecule has 7 heteroatoms. The molecular formula is C22H26O7. The van der Waals surface area contributed by atoms with Gasteiger partial charge in [-0.3, -0.25) is 4.79 Å². The second-order valence-corrected chi connectivity index (χ2v) is 6.90. The average molecular weight is 402 g/mol. The van der Waals surface area contributed by atoms with Crippen molar-refractivity contribution >= 4 is 16.9 Å². The number of hydrogen-bond acceptors (Lipinski definition) is 6. The van der Waals surface area contributed by atoms with Crippen molar-refractivity contribution in [2.45, 2.75) is 40.0 Å². The van der Waals surface area contributed by atoms with E-state index in [4.69, 9.17) is 19.0 Å². The van der Waals surface area contributed by atoms with Gasteiger partial charge in [0.25, 0.3) is 0 Å². The van der Waals surface area contributed by atoms with Crippen molar-refractivity contribution in [1.82, 2.24) is 0 Å². The van der Waals surface area contributed by atoms with E-state index in [-0.39, 0.29) is 42.1 Å². The molecule has 1 heterocycles. The number of rotatable bonds is 10. The van der Waals surface area contributed by atoms with Gasteiger partial charge in [0.2, 0.25) is 5.75 Å². The third kappa shape index (κ3) is 6.71. The zero-order chi connectivity index (χ0) is 21.4. The number of hydrogen-bond donors (Lipinski definition) is 2. The third-order valence-corrected chi connectivity index (χ3v) is 4.14. The summed E-state index contributed by atoms with van der Waals surface area (Å²) in [7, 11) is 0. The van der Waals surface area contributed by atoms with Gasteiger partial charge in [-0.1, -0.05) is 17.2 Å². The number of allylic oxidation sites excluding steroid dienone is 3. The minimum atomic E-state index is -0.973. The topological polar surface area (TPSA) is 106 Å². The summed E-state index contributed by atoms with van der Waals surface area (Å²) in [5.41, 5.74) is 1.78. The van der Waals surface area contributed by atoms with E-state index in [1.54, 1.807) is 0 Å². The molecule has 0 aliphatic carbocycles. The maximum atomic E-state index is 12.1. The molecule has 0 saturated carbocycles. The van der Waals surface area contributed by atoms with Crippen molar-refractivity contribution in [3.05, 3.63) is 51.9 Å². The summed E-state index contributed by atoms with van der Waals surface area (Å²) in [6.45, 7) is 6.18. The van der Waals surface area contributed by atoms with Crippen molar-refractivity contribution in [2.24, 2.45) is 0 Å². The minimum Gasteiger partial charge on any atom is -0.504 e. The largest absolute Gasteiger partial charge is 0.504 e. The molecule has 0 bridgehead atoms. The monoisotopic (exact) mass is 402 g/mol. The van der Waals surface area contributed by atoms with Crippen LogP contribution < -0.4 is 15.1 Å². The summed E-state index contributed by atoms with van der Waals surface area (Å²) in [5.74, 6) is -1.23. The molecule has 156 valence electrons. The van der Waals surface area contributed by atoms with Crippen LogP contribution >= 0.6 is 0 Å². The van der Waals surface area contributed by atoms with E-state index in [0.717, 1.165) is 18.4 Å². The fraction of sp³-hybridized carbons (Fsp3) is 0.364. The van der Waals surface area contributed by atoms with E-state index in [0.29, 0.717) is 5.75 Å². The van der Waals surface area contributed by atoms with Gasteiger partial charge in [-0.25, -0.2) is 4.79 Å². The quantitative estimate of drug-likeness (QED) is 0.447. The zero-order valence-corrected chi connectivity index (χ0v) is 16.9. The Morgan fingerprint density at radius 1 is 1.14 bits per heavy atom. The highest BCUT2D eigenvalue weighted by molar-refractivity contribution is 5.86. The van der Waals surface area contributed by atoms with Gasteiger partial charge in [-0.05, 0) is 57.9 Å². The maximum absolute atomic E-state index is 12.1. The molecule has 0 aliphatic heterocycles. The molecule has 7 nitrogen and oxygen atoms in total. The summed E-state index contributed by atoms with van der Waals surface area (Å²) in [4.78, 5) is 22.7. The first-order valence-corrected chi connectivity index (χ1v) is 9.34. The number of aromatic hydroxyl groups is 1. The molecule has 0 saturated heterocycles. The number of fused-ring (bicyclic) bond motifs is 1. The lowest BCUT2D eigenvalue weighted by atomic mass is 10.1. The van der Waals surface area contributed by atoms with Crippen LogP contribution in [0, 0.1) is 0 Å². The van der Waals surface area contributed by atoms with Gasteiger partial charge in [0, 0.05) is 0 Å². The lowest BCUT2D eigenvalue weighted by molar-refractivity contribution is -0.137. The van der Waals surface area contributed by atoms with Crippen LogP contribution in [0.25, 0.3) is 11.0 Å². The molecule has 0 spiro atoms. The Morgan fingerprint density at radius 2 is 1.90 bits per heavy atom. The summed E-state index contributed by atoms with van der Waals surface area (Å²) in [6.07, 6.45) is 5.66. The summed E-state index contributed by atoms with van der Waals surface area (Å²) in [6, 6.07) is 4.48. The van der Waals surface area contributed by atoms with Crippen molar-refractivity contribution in [1.29, 1.82) is 0 Å². The number of carbonyl (C=O) groups is 1. The highest BCUT2D eigenvalue weighted by Crippen LogP contribution is 2.33. The van der Waals surface area contributed by atoms with Crippen LogP contribution in [0.2, 0.25) is 0 Å². The summed E-state index contributed by atoms with van der Waals surface area (Å²) >= 11 is 0. The SMILES string of the molecule is CC(C)=CCC/C(C)=C/COc1c(O)c2cc(OCCC(=O)O)ccc2oc1=O. The summed E-state index contributed by atoms with van der Waals surface area (Å²) < 4.78 is 16.0. The Bertz CT molecular complexity index is 979. The van der Waals surface area contributed by atoms with Gasteiger partial charge in [0.15, 0.2) is 5.75 Å². The van der Waals surface area contributed by atoms with Crippen molar-refractivity contribution in [2.75, 3.05) is 13.2 Å². The second kappa shape index (κ2) is 10.4. The molecule has 0 fully saturated rings. The van der Waals surface area contributed by atoms with Crippen molar-refractivity contribution in [3.63, 3.8) is 0 Å². The molecule has 0 radical (unpaired) electrons. The first-order chi connectivity index (χ1) is 13.8. The molecule has 1 aromatic carbocycles. The third-order valence-electron chi connectivity index (χ3n) is 4.14. The lowest BCUT2D eigenvalue weighted by Gasteiger charge is -2.09. The molecule has 1 aromatic heterocycles. The molecule has 0 unspecified atom stereocenters. The molecule has 0 atom stereocenters. The van der Waals surface area contributed by atoms with Gasteiger partial charge < -0.3 is 24.1 Å². The molecule has 2 aromatic rings. The van der Waals surface area contributed by atoms with Crippen molar-refractivity contribution in [3.8, 4) is 17.2 Å².